The van der Waals surface area contributed by atoms with Crippen LogP contribution in [0.15, 0.2) is 14.3 Å². The van der Waals surface area contributed by atoms with Gasteiger partial charge in [-0.2, -0.15) is 0 Å². The second-order valence-electron chi connectivity index (χ2n) is 2.71. The van der Waals surface area contributed by atoms with E-state index in [2.05, 4.69) is 31.9 Å². The van der Waals surface area contributed by atoms with Gasteiger partial charge in [0.2, 0.25) is 0 Å². The molecule has 5 heteroatoms. The van der Waals surface area contributed by atoms with Crippen LogP contribution in [0.25, 0.3) is 0 Å². The molecule has 78 valence electrons. The van der Waals surface area contributed by atoms with Gasteiger partial charge >= 0.3 is 0 Å². The lowest BCUT2D eigenvalue weighted by molar-refractivity contribution is 0.0778. The highest BCUT2D eigenvalue weighted by Crippen LogP contribution is 2.32. The van der Waals surface area contributed by atoms with Crippen molar-refractivity contribution in [1.82, 2.24) is 4.90 Å². The molecule has 0 aliphatic heterocycles. The first kappa shape index (κ1) is 12.2. The topological polar surface area (TPSA) is 20.3 Å². The third-order valence-electron chi connectivity index (χ3n) is 1.91. The summed E-state index contributed by atoms with van der Waals surface area (Å²) < 4.78 is 1.91. The number of carbonyl (C=O) groups excluding carboxylic acids is 1. The van der Waals surface area contributed by atoms with Gasteiger partial charge < -0.3 is 4.90 Å². The first-order valence-electron chi connectivity index (χ1n) is 4.34. The van der Waals surface area contributed by atoms with E-state index >= 15 is 0 Å². The van der Waals surface area contributed by atoms with Crippen molar-refractivity contribution in [2.24, 2.45) is 0 Å². The Hall–Kier alpha value is 0.130. The number of amides is 1. The minimum absolute atomic E-state index is 0.103. The summed E-state index contributed by atoms with van der Waals surface area (Å²) >= 11 is 8.21. The molecular weight excluding hydrogens is 330 g/mol. The SMILES string of the molecule is CCN(CC)C(=O)c1cc(Br)c(Br)s1. The number of hydrogen-bond donors (Lipinski definition) is 0. The summed E-state index contributed by atoms with van der Waals surface area (Å²) in [4.78, 5) is 14.4. The number of halogens is 2. The molecule has 1 aromatic heterocycles. The van der Waals surface area contributed by atoms with Crippen LogP contribution in [0.3, 0.4) is 0 Å². The fourth-order valence-electron chi connectivity index (χ4n) is 1.12. The fraction of sp³-hybridized carbons (Fsp3) is 0.444. The Morgan fingerprint density at radius 3 is 2.36 bits per heavy atom. The molecule has 0 fully saturated rings. The van der Waals surface area contributed by atoms with Crippen LogP contribution in [-0.4, -0.2) is 23.9 Å². The van der Waals surface area contributed by atoms with E-state index in [0.717, 1.165) is 26.2 Å². The second kappa shape index (κ2) is 5.28. The lowest BCUT2D eigenvalue weighted by atomic mass is 10.4. The van der Waals surface area contributed by atoms with Gasteiger partial charge in [0.05, 0.1) is 8.66 Å². The quantitative estimate of drug-likeness (QED) is 0.820. The predicted octanol–water partition coefficient (Wildman–Crippen LogP) is 3.76. The van der Waals surface area contributed by atoms with Gasteiger partial charge in [0.25, 0.3) is 5.91 Å². The number of nitrogens with zero attached hydrogens (tertiary/aromatic N) is 1. The maximum Gasteiger partial charge on any atom is 0.263 e. The first-order chi connectivity index (χ1) is 6.60. The summed E-state index contributed by atoms with van der Waals surface area (Å²) in [6.45, 7) is 5.48. The summed E-state index contributed by atoms with van der Waals surface area (Å²) in [6, 6.07) is 1.86. The van der Waals surface area contributed by atoms with Crippen LogP contribution in [-0.2, 0) is 0 Å². The van der Waals surface area contributed by atoms with E-state index in [9.17, 15) is 4.79 Å². The average molecular weight is 341 g/mol. The molecule has 0 saturated carbocycles. The van der Waals surface area contributed by atoms with Gasteiger partial charge in [0, 0.05) is 17.6 Å². The molecule has 1 rings (SSSR count). The Morgan fingerprint density at radius 2 is 2.00 bits per heavy atom. The predicted molar refractivity (Wildman–Crippen MR) is 67.0 cm³/mol. The van der Waals surface area contributed by atoms with Crippen molar-refractivity contribution in [3.8, 4) is 0 Å². The normalized spacial score (nSPS) is 10.3. The van der Waals surface area contributed by atoms with Crippen molar-refractivity contribution in [1.29, 1.82) is 0 Å². The van der Waals surface area contributed by atoms with E-state index < -0.39 is 0 Å². The van der Waals surface area contributed by atoms with Crippen molar-refractivity contribution in [2.75, 3.05) is 13.1 Å². The van der Waals surface area contributed by atoms with Gasteiger partial charge in [-0.1, -0.05) is 0 Å². The molecule has 0 bridgehead atoms. The van der Waals surface area contributed by atoms with Crippen LogP contribution in [0.2, 0.25) is 0 Å². The molecule has 0 aromatic carbocycles. The monoisotopic (exact) mass is 339 g/mol. The van der Waals surface area contributed by atoms with Crippen molar-refractivity contribution in [3.63, 3.8) is 0 Å². The molecule has 0 aliphatic carbocycles. The van der Waals surface area contributed by atoms with E-state index in [1.54, 1.807) is 0 Å². The average Bonchev–Trinajstić information content (AvgIpc) is 2.49. The second-order valence-corrected chi connectivity index (χ2v) is 5.93. The summed E-state index contributed by atoms with van der Waals surface area (Å²) in [5.41, 5.74) is 0. The number of thiophene rings is 1. The molecule has 0 spiro atoms. The third-order valence-corrected chi connectivity index (χ3v) is 5.15. The van der Waals surface area contributed by atoms with Crippen LogP contribution in [0, 0.1) is 0 Å². The zero-order chi connectivity index (χ0) is 10.7. The van der Waals surface area contributed by atoms with Gasteiger partial charge in [-0.05, 0) is 51.8 Å². The standard InChI is InChI=1S/C9H11Br2NOS/c1-3-12(4-2)9(13)7-5-6(10)8(11)14-7/h5H,3-4H2,1-2H3. The molecule has 0 atom stereocenters. The highest BCUT2D eigenvalue weighted by Gasteiger charge is 2.16. The molecule has 0 radical (unpaired) electrons. The minimum Gasteiger partial charge on any atom is -0.339 e. The summed E-state index contributed by atoms with van der Waals surface area (Å²) in [5, 5.41) is 0. The van der Waals surface area contributed by atoms with Crippen LogP contribution < -0.4 is 0 Å². The van der Waals surface area contributed by atoms with Crippen LogP contribution in [0.4, 0.5) is 0 Å². The smallest absolute Gasteiger partial charge is 0.263 e. The third kappa shape index (κ3) is 2.58. The van der Waals surface area contributed by atoms with Crippen LogP contribution in [0.5, 0.6) is 0 Å². The lowest BCUT2D eigenvalue weighted by Gasteiger charge is -2.17. The minimum atomic E-state index is 0.103. The van der Waals surface area contributed by atoms with E-state index in [-0.39, 0.29) is 5.91 Å². The van der Waals surface area contributed by atoms with Crippen molar-refractivity contribution >= 4 is 49.1 Å². The van der Waals surface area contributed by atoms with E-state index in [4.69, 9.17) is 0 Å². The molecule has 2 nitrogen and oxygen atoms in total. The van der Waals surface area contributed by atoms with Crippen molar-refractivity contribution in [3.05, 3.63) is 19.2 Å². The highest BCUT2D eigenvalue weighted by atomic mass is 79.9. The van der Waals surface area contributed by atoms with Crippen LogP contribution in [0.1, 0.15) is 23.5 Å². The lowest BCUT2D eigenvalue weighted by Crippen LogP contribution is -2.29. The molecule has 0 N–H and O–H groups in total. The van der Waals surface area contributed by atoms with E-state index in [1.807, 2.05) is 24.8 Å². The Kier molecular flexibility index (Phi) is 4.60. The van der Waals surface area contributed by atoms with E-state index in [1.165, 1.54) is 11.3 Å². The van der Waals surface area contributed by atoms with Gasteiger partial charge in [-0.25, -0.2) is 0 Å². The number of rotatable bonds is 3. The summed E-state index contributed by atoms with van der Waals surface area (Å²) in [5.74, 6) is 0.103. The molecule has 1 amide bonds. The molecule has 0 aliphatic rings. The zero-order valence-electron chi connectivity index (χ0n) is 8.01. The maximum atomic E-state index is 11.9. The van der Waals surface area contributed by atoms with Gasteiger partial charge in [0.1, 0.15) is 0 Å². The number of carbonyl (C=O) groups is 1. The molecular formula is C9H11Br2NOS. The Morgan fingerprint density at radius 1 is 1.43 bits per heavy atom. The Balaban J connectivity index is 2.88. The maximum absolute atomic E-state index is 11.9. The Labute approximate surface area is 105 Å². The molecule has 0 unspecified atom stereocenters. The summed E-state index contributed by atoms with van der Waals surface area (Å²) in [7, 11) is 0. The number of hydrogen-bond acceptors (Lipinski definition) is 2. The fourth-order valence-corrected chi connectivity index (χ4v) is 3.12. The van der Waals surface area contributed by atoms with Gasteiger partial charge in [0.15, 0.2) is 0 Å². The molecule has 14 heavy (non-hydrogen) atoms. The summed E-state index contributed by atoms with van der Waals surface area (Å²) in [6.07, 6.45) is 0. The van der Waals surface area contributed by atoms with Crippen molar-refractivity contribution in [2.45, 2.75) is 13.8 Å². The van der Waals surface area contributed by atoms with Gasteiger partial charge in [-0.15, -0.1) is 11.3 Å². The molecule has 1 heterocycles. The molecule has 0 saturated heterocycles. The zero-order valence-corrected chi connectivity index (χ0v) is 12.0. The van der Waals surface area contributed by atoms with Crippen molar-refractivity contribution < 1.29 is 4.79 Å². The highest BCUT2D eigenvalue weighted by molar-refractivity contribution is 9.13. The van der Waals surface area contributed by atoms with Crippen LogP contribution >= 0.6 is 43.2 Å². The first-order valence-corrected chi connectivity index (χ1v) is 6.74. The van der Waals surface area contributed by atoms with Gasteiger partial charge in [-0.3, -0.25) is 4.79 Å². The Bertz CT molecular complexity index is 314. The van der Waals surface area contributed by atoms with E-state index in [0.29, 0.717) is 0 Å². The largest absolute Gasteiger partial charge is 0.339 e. The molecule has 1 aromatic rings.